The van der Waals surface area contributed by atoms with Crippen molar-refractivity contribution in [3.63, 3.8) is 0 Å². The Morgan fingerprint density at radius 3 is 2.50 bits per heavy atom. The standard InChI is InChI=1S/C14H14BF2NO2/c1-18(12-4-2-3-11(16)8-12)9-10-5-6-14(17)13(7-10)15(19)20/h2-8,19-20H,9H2,1H3. The van der Waals surface area contributed by atoms with E-state index in [-0.39, 0.29) is 11.3 Å². The quantitative estimate of drug-likeness (QED) is 0.827. The fourth-order valence-electron chi connectivity index (χ4n) is 1.97. The molecule has 0 unspecified atom stereocenters. The summed E-state index contributed by atoms with van der Waals surface area (Å²) in [7, 11) is -0.0814. The summed E-state index contributed by atoms with van der Waals surface area (Å²) in [6.45, 7) is 0.392. The van der Waals surface area contributed by atoms with Gasteiger partial charge in [0.1, 0.15) is 11.6 Å². The van der Waals surface area contributed by atoms with E-state index in [1.165, 1.54) is 24.3 Å². The minimum absolute atomic E-state index is 0.171. The Labute approximate surface area is 116 Å². The van der Waals surface area contributed by atoms with Gasteiger partial charge in [0.25, 0.3) is 0 Å². The summed E-state index contributed by atoms with van der Waals surface area (Å²) in [4.78, 5) is 1.78. The SMILES string of the molecule is CN(Cc1ccc(F)c(B(O)O)c1)c1cccc(F)c1. The number of hydrogen-bond donors (Lipinski definition) is 2. The molecule has 0 atom stereocenters. The van der Waals surface area contributed by atoms with Gasteiger partial charge in [0.2, 0.25) is 0 Å². The summed E-state index contributed by atoms with van der Waals surface area (Å²) < 4.78 is 26.5. The summed E-state index contributed by atoms with van der Waals surface area (Å²) in [6, 6.07) is 10.2. The summed E-state index contributed by atoms with van der Waals surface area (Å²) >= 11 is 0. The van der Waals surface area contributed by atoms with E-state index in [0.29, 0.717) is 17.8 Å². The van der Waals surface area contributed by atoms with Gasteiger partial charge >= 0.3 is 7.12 Å². The molecule has 0 radical (unpaired) electrons. The molecule has 3 nitrogen and oxygen atoms in total. The van der Waals surface area contributed by atoms with E-state index in [1.54, 1.807) is 30.1 Å². The van der Waals surface area contributed by atoms with Gasteiger partial charge in [0, 0.05) is 24.7 Å². The lowest BCUT2D eigenvalue weighted by atomic mass is 9.79. The molecule has 0 fully saturated rings. The Morgan fingerprint density at radius 1 is 1.10 bits per heavy atom. The maximum Gasteiger partial charge on any atom is 0.491 e. The summed E-state index contributed by atoms with van der Waals surface area (Å²) in [6.07, 6.45) is 0. The molecule has 0 aliphatic rings. The van der Waals surface area contributed by atoms with Gasteiger partial charge in [-0.15, -0.1) is 0 Å². The van der Waals surface area contributed by atoms with Crippen molar-refractivity contribution in [1.82, 2.24) is 0 Å². The molecular formula is C14H14BF2NO2. The largest absolute Gasteiger partial charge is 0.491 e. The Kier molecular flexibility index (Phi) is 4.37. The molecule has 0 amide bonds. The number of hydrogen-bond acceptors (Lipinski definition) is 3. The predicted molar refractivity (Wildman–Crippen MR) is 74.7 cm³/mol. The molecule has 0 aliphatic heterocycles. The number of nitrogens with zero attached hydrogens (tertiary/aromatic N) is 1. The summed E-state index contributed by atoms with van der Waals surface area (Å²) in [5, 5.41) is 18.1. The molecule has 2 rings (SSSR count). The zero-order chi connectivity index (χ0) is 14.7. The molecule has 104 valence electrons. The van der Waals surface area contributed by atoms with E-state index in [4.69, 9.17) is 10.0 Å². The predicted octanol–water partition coefficient (Wildman–Crippen LogP) is 1.28. The van der Waals surface area contributed by atoms with Crippen LogP contribution < -0.4 is 10.4 Å². The first-order valence-electron chi connectivity index (χ1n) is 6.08. The van der Waals surface area contributed by atoms with Crippen LogP contribution in [0.25, 0.3) is 0 Å². The fourth-order valence-corrected chi connectivity index (χ4v) is 1.97. The van der Waals surface area contributed by atoms with Crippen molar-refractivity contribution in [3.05, 3.63) is 59.7 Å². The van der Waals surface area contributed by atoms with Crippen molar-refractivity contribution in [1.29, 1.82) is 0 Å². The van der Waals surface area contributed by atoms with Crippen molar-refractivity contribution in [2.75, 3.05) is 11.9 Å². The zero-order valence-corrected chi connectivity index (χ0v) is 10.9. The molecule has 2 N–H and O–H groups in total. The molecule has 0 heterocycles. The Balaban J connectivity index is 2.19. The maximum atomic E-state index is 13.4. The molecule has 0 bridgehead atoms. The summed E-state index contributed by atoms with van der Waals surface area (Å²) in [5.74, 6) is -1.00. The van der Waals surface area contributed by atoms with Crippen LogP contribution in [0, 0.1) is 11.6 Å². The number of halogens is 2. The Morgan fingerprint density at radius 2 is 1.85 bits per heavy atom. The molecule has 0 aliphatic carbocycles. The first-order valence-corrected chi connectivity index (χ1v) is 6.08. The smallest absolute Gasteiger partial charge is 0.423 e. The average Bonchev–Trinajstić information content (AvgIpc) is 2.40. The second-order valence-electron chi connectivity index (χ2n) is 4.57. The first-order chi connectivity index (χ1) is 9.47. The van der Waals surface area contributed by atoms with Crippen molar-refractivity contribution in [2.24, 2.45) is 0 Å². The lowest BCUT2D eigenvalue weighted by Crippen LogP contribution is -2.33. The highest BCUT2D eigenvalue weighted by Gasteiger charge is 2.17. The molecular weight excluding hydrogens is 263 g/mol. The average molecular weight is 277 g/mol. The van der Waals surface area contributed by atoms with Gasteiger partial charge in [-0.1, -0.05) is 18.2 Å². The van der Waals surface area contributed by atoms with E-state index in [2.05, 4.69) is 0 Å². The highest BCUT2D eigenvalue weighted by atomic mass is 19.1. The van der Waals surface area contributed by atoms with Crippen molar-refractivity contribution in [2.45, 2.75) is 6.54 Å². The van der Waals surface area contributed by atoms with Gasteiger partial charge in [-0.2, -0.15) is 0 Å². The van der Waals surface area contributed by atoms with Crippen LogP contribution in [0.4, 0.5) is 14.5 Å². The lowest BCUT2D eigenvalue weighted by molar-refractivity contribution is 0.423. The van der Waals surface area contributed by atoms with Crippen LogP contribution in [0.5, 0.6) is 0 Å². The minimum atomic E-state index is -1.85. The molecule has 0 aromatic heterocycles. The second kappa shape index (κ2) is 6.03. The van der Waals surface area contributed by atoms with E-state index in [9.17, 15) is 8.78 Å². The van der Waals surface area contributed by atoms with E-state index < -0.39 is 12.9 Å². The molecule has 0 saturated heterocycles. The van der Waals surface area contributed by atoms with Crippen LogP contribution in [-0.2, 0) is 6.54 Å². The number of rotatable bonds is 4. The fraction of sp³-hybridized carbons (Fsp3) is 0.143. The lowest BCUT2D eigenvalue weighted by Gasteiger charge is -2.20. The van der Waals surface area contributed by atoms with Gasteiger partial charge < -0.3 is 14.9 Å². The molecule has 6 heteroatoms. The van der Waals surface area contributed by atoms with Crippen LogP contribution in [0.2, 0.25) is 0 Å². The van der Waals surface area contributed by atoms with Crippen LogP contribution in [-0.4, -0.2) is 24.2 Å². The monoisotopic (exact) mass is 277 g/mol. The molecule has 0 spiro atoms. The Bertz CT molecular complexity index is 607. The highest BCUT2D eigenvalue weighted by molar-refractivity contribution is 6.58. The van der Waals surface area contributed by atoms with Crippen molar-refractivity contribution < 1.29 is 18.8 Å². The molecule has 2 aromatic rings. The summed E-state index contributed by atoms with van der Waals surface area (Å²) in [5.41, 5.74) is 1.21. The van der Waals surface area contributed by atoms with Gasteiger partial charge in [0.15, 0.2) is 0 Å². The third-order valence-electron chi connectivity index (χ3n) is 3.01. The van der Waals surface area contributed by atoms with Gasteiger partial charge in [0.05, 0.1) is 0 Å². The van der Waals surface area contributed by atoms with E-state index in [0.717, 1.165) is 0 Å². The molecule has 20 heavy (non-hydrogen) atoms. The van der Waals surface area contributed by atoms with E-state index >= 15 is 0 Å². The van der Waals surface area contributed by atoms with Crippen molar-refractivity contribution in [3.8, 4) is 0 Å². The third kappa shape index (κ3) is 3.34. The normalized spacial score (nSPS) is 10.4. The van der Waals surface area contributed by atoms with Crippen molar-refractivity contribution >= 4 is 18.3 Å². The number of anilines is 1. The van der Waals surface area contributed by atoms with Gasteiger partial charge in [-0.3, -0.25) is 0 Å². The number of benzene rings is 2. The maximum absolute atomic E-state index is 13.4. The van der Waals surface area contributed by atoms with Crippen LogP contribution in [0.1, 0.15) is 5.56 Å². The Hall–Kier alpha value is -1.92. The van der Waals surface area contributed by atoms with Gasteiger partial charge in [-0.05, 0) is 29.8 Å². The van der Waals surface area contributed by atoms with Crippen LogP contribution >= 0.6 is 0 Å². The first kappa shape index (κ1) is 14.5. The van der Waals surface area contributed by atoms with Gasteiger partial charge in [-0.25, -0.2) is 8.78 Å². The molecule has 0 saturated carbocycles. The van der Waals surface area contributed by atoms with Crippen LogP contribution in [0.3, 0.4) is 0 Å². The molecule has 2 aromatic carbocycles. The minimum Gasteiger partial charge on any atom is -0.423 e. The highest BCUT2D eigenvalue weighted by Crippen LogP contribution is 2.16. The zero-order valence-electron chi connectivity index (χ0n) is 10.9. The second-order valence-corrected chi connectivity index (χ2v) is 4.57. The third-order valence-corrected chi connectivity index (χ3v) is 3.01. The topological polar surface area (TPSA) is 43.7 Å². The van der Waals surface area contributed by atoms with E-state index in [1.807, 2.05) is 0 Å². The van der Waals surface area contributed by atoms with Crippen LogP contribution in [0.15, 0.2) is 42.5 Å².